The minimum absolute atomic E-state index is 0.000614. The van der Waals surface area contributed by atoms with Gasteiger partial charge in [-0.3, -0.25) is 4.68 Å². The van der Waals surface area contributed by atoms with Crippen LogP contribution < -0.4 is 5.73 Å². The number of rotatable bonds is 3. The number of hydrogen-bond donors (Lipinski definition) is 2. The number of nitrogens with two attached hydrogens (primary N) is 1. The molecule has 96 valence electrons. The fourth-order valence-electron chi connectivity index (χ4n) is 1.50. The van der Waals surface area contributed by atoms with Gasteiger partial charge in [-0.1, -0.05) is 5.16 Å². The molecule has 2 rings (SSSR count). The molecule has 0 radical (unpaired) electrons. The number of oxime groups is 1. The first kappa shape index (κ1) is 12.4. The highest BCUT2D eigenvalue weighted by Crippen LogP contribution is 2.30. The lowest BCUT2D eigenvalue weighted by Gasteiger charge is -2.01. The maximum Gasteiger partial charge on any atom is 0.282 e. The van der Waals surface area contributed by atoms with Crippen LogP contribution in [0.2, 0.25) is 0 Å². The standard InChI is InChI=1S/C9H12N6O2S/c1-4-6(7(10)14-16)8(15(3)13-4)18-9-12-11-5(2)17-9/h16H,1-3H3,(H2,10,14). The molecule has 18 heavy (non-hydrogen) atoms. The molecule has 2 aromatic rings. The van der Waals surface area contributed by atoms with Crippen molar-refractivity contribution in [1.29, 1.82) is 0 Å². The Balaban J connectivity index is 2.44. The summed E-state index contributed by atoms with van der Waals surface area (Å²) >= 11 is 1.21. The average molecular weight is 268 g/mol. The van der Waals surface area contributed by atoms with Crippen molar-refractivity contribution < 1.29 is 9.62 Å². The van der Waals surface area contributed by atoms with Gasteiger partial charge in [0, 0.05) is 14.0 Å². The van der Waals surface area contributed by atoms with Gasteiger partial charge in [0.25, 0.3) is 5.22 Å². The van der Waals surface area contributed by atoms with Crippen LogP contribution in [0, 0.1) is 13.8 Å². The van der Waals surface area contributed by atoms with Gasteiger partial charge in [0.15, 0.2) is 5.84 Å². The summed E-state index contributed by atoms with van der Waals surface area (Å²) in [6, 6.07) is 0. The van der Waals surface area contributed by atoms with E-state index in [1.807, 2.05) is 0 Å². The van der Waals surface area contributed by atoms with E-state index in [4.69, 9.17) is 15.4 Å². The molecule has 8 nitrogen and oxygen atoms in total. The minimum atomic E-state index is -0.000614. The number of aromatic nitrogens is 4. The van der Waals surface area contributed by atoms with E-state index in [-0.39, 0.29) is 5.84 Å². The van der Waals surface area contributed by atoms with E-state index in [1.54, 1.807) is 25.6 Å². The number of amidine groups is 1. The van der Waals surface area contributed by atoms with E-state index in [0.717, 1.165) is 0 Å². The number of hydrogen-bond acceptors (Lipinski definition) is 7. The monoisotopic (exact) mass is 268 g/mol. The van der Waals surface area contributed by atoms with Crippen LogP contribution in [0.15, 0.2) is 19.8 Å². The maximum absolute atomic E-state index is 8.78. The second-order valence-electron chi connectivity index (χ2n) is 3.56. The topological polar surface area (TPSA) is 115 Å². The highest BCUT2D eigenvalue weighted by molar-refractivity contribution is 7.99. The van der Waals surface area contributed by atoms with Crippen molar-refractivity contribution in [1.82, 2.24) is 20.0 Å². The van der Waals surface area contributed by atoms with Crippen LogP contribution in [0.4, 0.5) is 0 Å². The van der Waals surface area contributed by atoms with Gasteiger partial charge in [-0.15, -0.1) is 10.2 Å². The van der Waals surface area contributed by atoms with Crippen LogP contribution in [0.25, 0.3) is 0 Å². The third-order valence-electron chi connectivity index (χ3n) is 2.22. The fraction of sp³-hybridized carbons (Fsp3) is 0.333. The molecule has 0 amide bonds. The second kappa shape index (κ2) is 4.69. The van der Waals surface area contributed by atoms with Crippen molar-refractivity contribution in [3.8, 4) is 0 Å². The number of aryl methyl sites for hydroxylation is 3. The van der Waals surface area contributed by atoms with Crippen LogP contribution in [-0.4, -0.2) is 31.0 Å². The fourth-order valence-corrected chi connectivity index (χ4v) is 2.44. The Morgan fingerprint density at radius 1 is 1.44 bits per heavy atom. The molecule has 0 saturated carbocycles. The van der Waals surface area contributed by atoms with E-state index < -0.39 is 0 Å². The van der Waals surface area contributed by atoms with E-state index in [1.165, 1.54) is 11.8 Å². The Morgan fingerprint density at radius 2 is 2.17 bits per heavy atom. The zero-order valence-corrected chi connectivity index (χ0v) is 10.9. The number of nitrogens with zero attached hydrogens (tertiary/aromatic N) is 5. The SMILES string of the molecule is Cc1nnc(Sc2c(/C(N)=N/O)c(C)nn2C)o1. The van der Waals surface area contributed by atoms with Crippen molar-refractivity contribution in [3.05, 3.63) is 17.1 Å². The summed E-state index contributed by atoms with van der Waals surface area (Å²) in [4.78, 5) is 0. The molecular weight excluding hydrogens is 256 g/mol. The second-order valence-corrected chi connectivity index (χ2v) is 4.50. The summed E-state index contributed by atoms with van der Waals surface area (Å²) in [5.74, 6) is 0.473. The molecule has 3 N–H and O–H groups in total. The van der Waals surface area contributed by atoms with Crippen molar-refractivity contribution in [2.75, 3.05) is 0 Å². The summed E-state index contributed by atoms with van der Waals surface area (Å²) in [6.45, 7) is 3.48. The lowest BCUT2D eigenvalue weighted by molar-refractivity contribution is 0.318. The Kier molecular flexibility index (Phi) is 3.24. The van der Waals surface area contributed by atoms with Gasteiger partial charge in [0.05, 0.1) is 11.3 Å². The third kappa shape index (κ3) is 2.16. The molecule has 0 aliphatic rings. The summed E-state index contributed by atoms with van der Waals surface area (Å²) < 4.78 is 6.89. The molecular formula is C9H12N6O2S. The zero-order chi connectivity index (χ0) is 13.3. The molecule has 9 heteroatoms. The van der Waals surface area contributed by atoms with Crippen LogP contribution in [0.3, 0.4) is 0 Å². The van der Waals surface area contributed by atoms with Crippen molar-refractivity contribution in [2.45, 2.75) is 24.1 Å². The third-order valence-corrected chi connectivity index (χ3v) is 3.23. The lowest BCUT2D eigenvalue weighted by atomic mass is 10.2. The normalized spacial score (nSPS) is 12.1. The van der Waals surface area contributed by atoms with Gasteiger partial charge in [-0.2, -0.15) is 5.10 Å². The molecule has 2 heterocycles. The summed E-state index contributed by atoms with van der Waals surface area (Å²) in [6.07, 6.45) is 0. The summed E-state index contributed by atoms with van der Waals surface area (Å²) in [5, 5.41) is 24.7. The van der Waals surface area contributed by atoms with Crippen molar-refractivity contribution in [2.24, 2.45) is 17.9 Å². The van der Waals surface area contributed by atoms with Crippen LogP contribution in [0.5, 0.6) is 0 Å². The molecule has 0 unspecified atom stereocenters. The van der Waals surface area contributed by atoms with Gasteiger partial charge in [0.1, 0.15) is 5.03 Å². The first-order valence-corrected chi connectivity index (χ1v) is 5.84. The lowest BCUT2D eigenvalue weighted by Crippen LogP contribution is -2.14. The molecule has 0 fully saturated rings. The van der Waals surface area contributed by atoms with Gasteiger partial charge >= 0.3 is 0 Å². The largest absolute Gasteiger partial charge is 0.416 e. The molecule has 0 aliphatic carbocycles. The Hall–Kier alpha value is -2.03. The molecule has 0 aliphatic heterocycles. The van der Waals surface area contributed by atoms with Gasteiger partial charge < -0.3 is 15.4 Å². The van der Waals surface area contributed by atoms with Gasteiger partial charge in [0.2, 0.25) is 5.89 Å². The Bertz CT molecular complexity index is 602. The highest BCUT2D eigenvalue weighted by atomic mass is 32.2. The first-order chi connectivity index (χ1) is 8.52. The first-order valence-electron chi connectivity index (χ1n) is 5.02. The van der Waals surface area contributed by atoms with E-state index in [0.29, 0.717) is 27.4 Å². The highest BCUT2D eigenvalue weighted by Gasteiger charge is 2.20. The molecule has 0 saturated heterocycles. The smallest absolute Gasteiger partial charge is 0.282 e. The maximum atomic E-state index is 8.78. The molecule has 0 aromatic carbocycles. The van der Waals surface area contributed by atoms with Gasteiger partial charge in [-0.25, -0.2) is 0 Å². The molecule has 2 aromatic heterocycles. The zero-order valence-electron chi connectivity index (χ0n) is 10.1. The van der Waals surface area contributed by atoms with Gasteiger partial charge in [-0.05, 0) is 18.7 Å². The molecule has 0 bridgehead atoms. The van der Waals surface area contributed by atoms with E-state index in [2.05, 4.69) is 20.5 Å². The summed E-state index contributed by atoms with van der Waals surface area (Å²) in [7, 11) is 1.76. The Morgan fingerprint density at radius 3 is 2.72 bits per heavy atom. The minimum Gasteiger partial charge on any atom is -0.416 e. The van der Waals surface area contributed by atoms with Crippen LogP contribution in [0.1, 0.15) is 17.1 Å². The summed E-state index contributed by atoms with van der Waals surface area (Å²) in [5.41, 5.74) is 6.85. The predicted molar refractivity (Wildman–Crippen MR) is 63.6 cm³/mol. The van der Waals surface area contributed by atoms with E-state index >= 15 is 0 Å². The Labute approximate surface area is 107 Å². The quantitative estimate of drug-likeness (QED) is 0.363. The van der Waals surface area contributed by atoms with Crippen LogP contribution in [-0.2, 0) is 7.05 Å². The predicted octanol–water partition coefficient (Wildman–Crippen LogP) is 0.666. The molecule has 0 atom stereocenters. The molecule has 0 spiro atoms. The average Bonchev–Trinajstić information content (AvgIpc) is 2.84. The van der Waals surface area contributed by atoms with Crippen molar-refractivity contribution >= 4 is 17.6 Å². The van der Waals surface area contributed by atoms with Crippen molar-refractivity contribution in [3.63, 3.8) is 0 Å². The van der Waals surface area contributed by atoms with E-state index in [9.17, 15) is 0 Å². The van der Waals surface area contributed by atoms with Crippen LogP contribution >= 0.6 is 11.8 Å².